The van der Waals surface area contributed by atoms with E-state index in [1.807, 2.05) is 0 Å². The Morgan fingerprint density at radius 3 is 2.73 bits per heavy atom. The van der Waals surface area contributed by atoms with Crippen LogP contribution in [0.5, 0.6) is 0 Å². The van der Waals surface area contributed by atoms with Gasteiger partial charge in [0.05, 0.1) is 0 Å². The molecule has 0 fully saturated rings. The molecule has 0 unspecified atom stereocenters. The van der Waals surface area contributed by atoms with Crippen LogP contribution in [0, 0.1) is 10.1 Å². The Bertz CT molecular complexity index is 314. The van der Waals surface area contributed by atoms with Gasteiger partial charge in [0.15, 0.2) is 0 Å². The number of thiol groups is 1. The fourth-order valence-electron chi connectivity index (χ4n) is 1.32. The zero-order valence-electron chi connectivity index (χ0n) is 8.50. The predicted octanol–water partition coefficient (Wildman–Crippen LogP) is 2.28. The Labute approximate surface area is 94.1 Å². The zero-order valence-corrected chi connectivity index (χ0v) is 9.40. The molecule has 0 saturated heterocycles. The van der Waals surface area contributed by atoms with Gasteiger partial charge in [0.25, 0.3) is 0 Å². The van der Waals surface area contributed by atoms with Gasteiger partial charge in [-0.1, -0.05) is 12.8 Å². The molecule has 0 aromatic carbocycles. The molecule has 15 heavy (non-hydrogen) atoms. The first kappa shape index (κ1) is 12.0. The first-order valence-electron chi connectivity index (χ1n) is 5.01. The van der Waals surface area contributed by atoms with Crippen LogP contribution in [0.3, 0.4) is 0 Å². The van der Waals surface area contributed by atoms with Gasteiger partial charge in [-0.2, -0.15) is 12.6 Å². The van der Waals surface area contributed by atoms with Crippen LogP contribution < -0.4 is 0 Å². The molecule has 0 saturated carbocycles. The quantitative estimate of drug-likeness (QED) is 0.338. The van der Waals surface area contributed by atoms with Crippen LogP contribution in [-0.2, 0) is 6.54 Å². The van der Waals surface area contributed by atoms with Crippen LogP contribution in [0.4, 0.5) is 5.82 Å². The largest absolute Gasteiger partial charge is 0.381 e. The van der Waals surface area contributed by atoms with Gasteiger partial charge >= 0.3 is 5.82 Å². The highest BCUT2D eigenvalue weighted by Crippen LogP contribution is 2.08. The van der Waals surface area contributed by atoms with Crippen molar-refractivity contribution in [2.75, 3.05) is 5.75 Å². The molecule has 1 aromatic rings. The Morgan fingerprint density at radius 2 is 2.13 bits per heavy atom. The number of nitro groups is 1. The molecule has 1 heterocycles. The number of unbranched alkanes of at least 4 members (excludes halogenated alkanes) is 3. The molecule has 0 aliphatic rings. The summed E-state index contributed by atoms with van der Waals surface area (Å²) in [5.41, 5.74) is 0. The lowest BCUT2D eigenvalue weighted by Crippen LogP contribution is -1.94. The number of hydrogen-bond donors (Lipinski definition) is 1. The minimum absolute atomic E-state index is 0.0784. The van der Waals surface area contributed by atoms with E-state index in [1.54, 1.807) is 4.57 Å². The highest BCUT2D eigenvalue weighted by molar-refractivity contribution is 7.80. The molecule has 0 radical (unpaired) electrons. The fourth-order valence-corrected chi connectivity index (χ4v) is 1.55. The summed E-state index contributed by atoms with van der Waals surface area (Å²) >= 11 is 4.13. The third kappa shape index (κ3) is 4.33. The highest BCUT2D eigenvalue weighted by atomic mass is 32.1. The SMILES string of the molecule is O=[N+]([O-])c1cn(CCCCCCS)cn1. The molecular formula is C9H15N3O2S. The van der Waals surface area contributed by atoms with E-state index in [9.17, 15) is 10.1 Å². The van der Waals surface area contributed by atoms with Gasteiger partial charge in [-0.15, -0.1) is 0 Å². The number of imidazole rings is 1. The zero-order chi connectivity index (χ0) is 11.1. The van der Waals surface area contributed by atoms with Crippen molar-refractivity contribution >= 4 is 18.4 Å². The van der Waals surface area contributed by atoms with Gasteiger partial charge in [-0.3, -0.25) is 0 Å². The van der Waals surface area contributed by atoms with E-state index in [1.165, 1.54) is 18.9 Å². The van der Waals surface area contributed by atoms with Gasteiger partial charge < -0.3 is 14.7 Å². The number of rotatable bonds is 7. The van der Waals surface area contributed by atoms with E-state index in [4.69, 9.17) is 0 Å². The van der Waals surface area contributed by atoms with Crippen molar-refractivity contribution in [3.63, 3.8) is 0 Å². The van der Waals surface area contributed by atoms with E-state index in [0.29, 0.717) is 0 Å². The van der Waals surface area contributed by atoms with Crippen LogP contribution in [0.15, 0.2) is 12.5 Å². The first-order valence-corrected chi connectivity index (χ1v) is 5.64. The normalized spacial score (nSPS) is 10.5. The van der Waals surface area contributed by atoms with Gasteiger partial charge in [0.1, 0.15) is 6.20 Å². The van der Waals surface area contributed by atoms with E-state index < -0.39 is 4.92 Å². The maximum absolute atomic E-state index is 10.4. The summed E-state index contributed by atoms with van der Waals surface area (Å²) in [6.45, 7) is 0.799. The molecule has 1 rings (SSSR count). The fraction of sp³-hybridized carbons (Fsp3) is 0.667. The number of aromatic nitrogens is 2. The summed E-state index contributed by atoms with van der Waals surface area (Å²) in [6, 6.07) is 0. The van der Waals surface area contributed by atoms with Gasteiger partial charge in [0, 0.05) is 6.54 Å². The Morgan fingerprint density at radius 1 is 1.40 bits per heavy atom. The Kier molecular flexibility index (Phi) is 5.17. The van der Waals surface area contributed by atoms with Crippen molar-refractivity contribution in [1.82, 2.24) is 9.55 Å². The van der Waals surface area contributed by atoms with Crippen LogP contribution in [0.1, 0.15) is 25.7 Å². The number of nitrogens with zero attached hydrogens (tertiary/aromatic N) is 3. The van der Waals surface area contributed by atoms with Crippen molar-refractivity contribution < 1.29 is 4.92 Å². The number of aryl methyl sites for hydroxylation is 1. The van der Waals surface area contributed by atoms with Gasteiger partial charge in [-0.05, 0) is 28.5 Å². The highest BCUT2D eigenvalue weighted by Gasteiger charge is 2.08. The van der Waals surface area contributed by atoms with Crippen LogP contribution in [0.25, 0.3) is 0 Å². The van der Waals surface area contributed by atoms with Crippen molar-refractivity contribution in [3.05, 3.63) is 22.6 Å². The van der Waals surface area contributed by atoms with Crippen molar-refractivity contribution in [2.24, 2.45) is 0 Å². The van der Waals surface area contributed by atoms with E-state index in [0.717, 1.165) is 31.6 Å². The molecule has 0 aliphatic heterocycles. The second-order valence-electron chi connectivity index (χ2n) is 3.36. The average Bonchev–Trinajstić information content (AvgIpc) is 2.66. The van der Waals surface area contributed by atoms with Gasteiger partial charge in [-0.25, -0.2) is 0 Å². The molecular weight excluding hydrogens is 214 g/mol. The topological polar surface area (TPSA) is 61.0 Å². The summed E-state index contributed by atoms with van der Waals surface area (Å²) in [5, 5.41) is 10.4. The molecule has 84 valence electrons. The van der Waals surface area contributed by atoms with Gasteiger partial charge in [0.2, 0.25) is 6.33 Å². The molecule has 0 bridgehead atoms. The maximum atomic E-state index is 10.4. The summed E-state index contributed by atoms with van der Waals surface area (Å²) in [6.07, 6.45) is 7.44. The standard InChI is InChI=1S/C9H15N3O2S/c13-12(14)9-7-11(8-10-9)5-3-1-2-4-6-15/h7-8,15H,1-6H2. The lowest BCUT2D eigenvalue weighted by molar-refractivity contribution is -0.389. The lowest BCUT2D eigenvalue weighted by atomic mass is 10.2. The van der Waals surface area contributed by atoms with E-state index >= 15 is 0 Å². The maximum Gasteiger partial charge on any atom is 0.381 e. The second-order valence-corrected chi connectivity index (χ2v) is 3.81. The third-order valence-electron chi connectivity index (χ3n) is 2.13. The third-order valence-corrected chi connectivity index (χ3v) is 2.45. The van der Waals surface area contributed by atoms with Crippen LogP contribution >= 0.6 is 12.6 Å². The molecule has 0 N–H and O–H groups in total. The predicted molar refractivity (Wildman–Crippen MR) is 61.2 cm³/mol. The Balaban J connectivity index is 2.23. The average molecular weight is 229 g/mol. The van der Waals surface area contributed by atoms with E-state index in [-0.39, 0.29) is 5.82 Å². The summed E-state index contributed by atoms with van der Waals surface area (Å²) in [4.78, 5) is 13.6. The first-order chi connectivity index (χ1) is 7.24. The van der Waals surface area contributed by atoms with Crippen LogP contribution in [0.2, 0.25) is 0 Å². The summed E-state index contributed by atoms with van der Waals surface area (Å²) in [7, 11) is 0. The smallest absolute Gasteiger partial charge is 0.358 e. The molecule has 0 amide bonds. The molecule has 1 aromatic heterocycles. The Hall–Kier alpha value is -1.04. The monoisotopic (exact) mass is 229 g/mol. The van der Waals surface area contributed by atoms with Crippen molar-refractivity contribution in [2.45, 2.75) is 32.2 Å². The molecule has 5 nitrogen and oxygen atoms in total. The molecule has 6 heteroatoms. The molecule has 0 aliphatic carbocycles. The summed E-state index contributed by atoms with van der Waals surface area (Å²) < 4.78 is 1.76. The molecule has 0 spiro atoms. The summed E-state index contributed by atoms with van der Waals surface area (Å²) in [5.74, 6) is 0.849. The lowest BCUT2D eigenvalue weighted by Gasteiger charge is -1.99. The van der Waals surface area contributed by atoms with Crippen molar-refractivity contribution in [3.8, 4) is 0 Å². The second kappa shape index (κ2) is 6.44. The van der Waals surface area contributed by atoms with Crippen molar-refractivity contribution in [1.29, 1.82) is 0 Å². The van der Waals surface area contributed by atoms with E-state index in [2.05, 4.69) is 17.6 Å². The molecule has 0 atom stereocenters. The minimum Gasteiger partial charge on any atom is -0.358 e. The number of hydrogen-bond acceptors (Lipinski definition) is 4. The van der Waals surface area contributed by atoms with Crippen LogP contribution in [-0.4, -0.2) is 20.2 Å². The minimum atomic E-state index is -0.475.